The van der Waals surface area contributed by atoms with Gasteiger partial charge in [0.25, 0.3) is 0 Å². The zero-order valence-corrected chi connectivity index (χ0v) is 14.6. The van der Waals surface area contributed by atoms with Crippen LogP contribution in [-0.2, 0) is 9.59 Å². The van der Waals surface area contributed by atoms with Crippen molar-refractivity contribution in [2.75, 3.05) is 44.2 Å². The topological polar surface area (TPSA) is 43.9 Å². The molecule has 0 unspecified atom stereocenters. The number of piperazine rings is 1. The predicted molar refractivity (Wildman–Crippen MR) is 92.6 cm³/mol. The van der Waals surface area contributed by atoms with E-state index in [1.165, 1.54) is 6.92 Å². The minimum atomic E-state index is -0.0979. The number of hydrogen-bond acceptors (Lipinski definition) is 3. The molecule has 0 aliphatic carbocycles. The Morgan fingerprint density at radius 1 is 1.13 bits per heavy atom. The lowest BCUT2D eigenvalue weighted by molar-refractivity contribution is -0.132. The summed E-state index contributed by atoms with van der Waals surface area (Å²) in [5, 5.41) is 0. The van der Waals surface area contributed by atoms with Crippen molar-refractivity contribution in [1.82, 2.24) is 9.80 Å². The summed E-state index contributed by atoms with van der Waals surface area (Å²) in [6.45, 7) is 12.0. The summed E-state index contributed by atoms with van der Waals surface area (Å²) in [6.07, 6.45) is 0. The number of likely N-dealkylation sites (N-methyl/N-ethyl adjacent to an activating group) is 1. The first kappa shape index (κ1) is 17.5. The Bertz CT molecular complexity index is 578. The van der Waals surface area contributed by atoms with Crippen LogP contribution in [0, 0.1) is 13.8 Å². The van der Waals surface area contributed by atoms with Crippen molar-refractivity contribution in [3.05, 3.63) is 29.3 Å². The first-order valence-electron chi connectivity index (χ1n) is 8.28. The Labute approximate surface area is 138 Å². The van der Waals surface area contributed by atoms with Crippen molar-refractivity contribution < 1.29 is 9.59 Å². The third-order valence-electron chi connectivity index (χ3n) is 4.50. The number of benzene rings is 1. The molecule has 23 heavy (non-hydrogen) atoms. The van der Waals surface area contributed by atoms with Crippen molar-refractivity contribution >= 4 is 17.5 Å². The highest BCUT2D eigenvalue weighted by Gasteiger charge is 2.24. The van der Waals surface area contributed by atoms with Crippen LogP contribution >= 0.6 is 0 Å². The molecule has 0 aromatic heterocycles. The van der Waals surface area contributed by atoms with Gasteiger partial charge in [0.15, 0.2) is 0 Å². The third kappa shape index (κ3) is 4.32. The maximum absolute atomic E-state index is 12.6. The molecule has 5 heteroatoms. The summed E-state index contributed by atoms with van der Waals surface area (Å²) >= 11 is 0. The van der Waals surface area contributed by atoms with E-state index in [9.17, 15) is 9.59 Å². The molecule has 1 aliphatic rings. The molecule has 1 aliphatic heterocycles. The van der Waals surface area contributed by atoms with Crippen LogP contribution in [0.25, 0.3) is 0 Å². The fourth-order valence-corrected chi connectivity index (χ4v) is 2.93. The molecule has 0 radical (unpaired) electrons. The number of carbonyl (C=O) groups excluding carboxylic acids is 2. The van der Waals surface area contributed by atoms with Gasteiger partial charge in [0.2, 0.25) is 11.8 Å². The quantitative estimate of drug-likeness (QED) is 0.851. The molecular weight excluding hydrogens is 290 g/mol. The minimum absolute atomic E-state index is 0.0249. The molecule has 1 aromatic rings. The first-order chi connectivity index (χ1) is 10.9. The van der Waals surface area contributed by atoms with Crippen LogP contribution in [0.2, 0.25) is 0 Å². The second kappa shape index (κ2) is 7.59. The number of nitrogens with zero attached hydrogens (tertiary/aromatic N) is 3. The SMILES string of the molecule is CCN1CCN(C(=O)CN(C(C)=O)c2cc(C)ccc2C)CC1. The van der Waals surface area contributed by atoms with Gasteiger partial charge >= 0.3 is 0 Å². The van der Waals surface area contributed by atoms with Gasteiger partial charge in [-0.2, -0.15) is 0 Å². The van der Waals surface area contributed by atoms with Crippen molar-refractivity contribution in [3.8, 4) is 0 Å². The van der Waals surface area contributed by atoms with Gasteiger partial charge in [-0.3, -0.25) is 9.59 Å². The van der Waals surface area contributed by atoms with E-state index in [1.54, 1.807) is 4.90 Å². The molecule has 2 amide bonds. The molecular formula is C18H27N3O2. The Morgan fingerprint density at radius 3 is 2.35 bits per heavy atom. The highest BCUT2D eigenvalue weighted by molar-refractivity contribution is 5.98. The summed E-state index contributed by atoms with van der Waals surface area (Å²) in [6, 6.07) is 5.98. The fraction of sp³-hybridized carbons (Fsp3) is 0.556. The average Bonchev–Trinajstić information content (AvgIpc) is 2.54. The normalized spacial score (nSPS) is 15.6. The van der Waals surface area contributed by atoms with E-state index in [0.717, 1.165) is 49.5 Å². The van der Waals surface area contributed by atoms with Gasteiger partial charge in [-0.25, -0.2) is 0 Å². The second-order valence-electron chi connectivity index (χ2n) is 6.21. The van der Waals surface area contributed by atoms with Crippen LogP contribution in [0.4, 0.5) is 5.69 Å². The van der Waals surface area contributed by atoms with E-state index >= 15 is 0 Å². The molecule has 1 aromatic carbocycles. The lowest BCUT2D eigenvalue weighted by atomic mass is 10.1. The first-order valence-corrected chi connectivity index (χ1v) is 8.28. The maximum atomic E-state index is 12.6. The summed E-state index contributed by atoms with van der Waals surface area (Å²) in [5.41, 5.74) is 2.92. The molecule has 1 heterocycles. The smallest absolute Gasteiger partial charge is 0.242 e. The molecule has 0 saturated carbocycles. The number of anilines is 1. The Balaban J connectivity index is 2.09. The number of hydrogen-bond donors (Lipinski definition) is 0. The summed E-state index contributed by atoms with van der Waals surface area (Å²) in [7, 11) is 0. The van der Waals surface area contributed by atoms with E-state index in [2.05, 4.69) is 11.8 Å². The maximum Gasteiger partial charge on any atom is 0.242 e. The molecule has 0 bridgehead atoms. The van der Waals surface area contributed by atoms with Gasteiger partial charge in [0, 0.05) is 38.8 Å². The standard InChI is InChI=1S/C18H27N3O2/c1-5-19-8-10-20(11-9-19)18(23)13-21(16(4)22)17-12-14(2)6-7-15(17)3/h6-7,12H,5,8-11,13H2,1-4H3. The van der Waals surface area contributed by atoms with Gasteiger partial charge in [-0.05, 0) is 37.6 Å². The lowest BCUT2D eigenvalue weighted by Crippen LogP contribution is -2.51. The minimum Gasteiger partial charge on any atom is -0.339 e. The van der Waals surface area contributed by atoms with Crippen LogP contribution in [0.3, 0.4) is 0 Å². The summed E-state index contributed by atoms with van der Waals surface area (Å²) in [4.78, 5) is 30.5. The second-order valence-corrected chi connectivity index (χ2v) is 6.21. The van der Waals surface area contributed by atoms with Crippen LogP contribution in [0.1, 0.15) is 25.0 Å². The van der Waals surface area contributed by atoms with Gasteiger partial charge < -0.3 is 14.7 Å². The number of rotatable bonds is 4. The predicted octanol–water partition coefficient (Wildman–Crippen LogP) is 1.82. The molecule has 126 valence electrons. The Kier molecular flexibility index (Phi) is 5.77. The van der Waals surface area contributed by atoms with Crippen LogP contribution in [-0.4, -0.2) is 60.9 Å². The summed E-state index contributed by atoms with van der Waals surface area (Å²) < 4.78 is 0. The molecule has 1 fully saturated rings. The van der Waals surface area contributed by atoms with Gasteiger partial charge in [0.05, 0.1) is 0 Å². The average molecular weight is 317 g/mol. The molecule has 0 N–H and O–H groups in total. The summed E-state index contributed by atoms with van der Waals surface area (Å²) in [5.74, 6) is -0.0731. The molecule has 1 saturated heterocycles. The Morgan fingerprint density at radius 2 is 1.78 bits per heavy atom. The zero-order chi connectivity index (χ0) is 17.0. The van der Waals surface area contributed by atoms with E-state index in [0.29, 0.717) is 0 Å². The van der Waals surface area contributed by atoms with Gasteiger partial charge in [-0.15, -0.1) is 0 Å². The van der Waals surface area contributed by atoms with Crippen molar-refractivity contribution in [3.63, 3.8) is 0 Å². The van der Waals surface area contributed by atoms with Gasteiger partial charge in [-0.1, -0.05) is 19.1 Å². The number of amides is 2. The molecule has 0 spiro atoms. The van der Waals surface area contributed by atoms with Crippen LogP contribution in [0.5, 0.6) is 0 Å². The fourth-order valence-electron chi connectivity index (χ4n) is 2.93. The van der Waals surface area contributed by atoms with Crippen molar-refractivity contribution in [2.24, 2.45) is 0 Å². The van der Waals surface area contributed by atoms with Crippen LogP contribution < -0.4 is 4.90 Å². The van der Waals surface area contributed by atoms with E-state index < -0.39 is 0 Å². The molecule has 2 rings (SSSR count). The van der Waals surface area contributed by atoms with Crippen LogP contribution in [0.15, 0.2) is 18.2 Å². The largest absolute Gasteiger partial charge is 0.339 e. The monoisotopic (exact) mass is 317 g/mol. The highest BCUT2D eigenvalue weighted by Crippen LogP contribution is 2.22. The lowest BCUT2D eigenvalue weighted by Gasteiger charge is -2.35. The molecule has 5 nitrogen and oxygen atoms in total. The van der Waals surface area contributed by atoms with Crippen molar-refractivity contribution in [2.45, 2.75) is 27.7 Å². The van der Waals surface area contributed by atoms with E-state index in [-0.39, 0.29) is 18.4 Å². The van der Waals surface area contributed by atoms with E-state index in [4.69, 9.17) is 0 Å². The van der Waals surface area contributed by atoms with Gasteiger partial charge in [0.1, 0.15) is 6.54 Å². The van der Waals surface area contributed by atoms with Crippen molar-refractivity contribution in [1.29, 1.82) is 0 Å². The zero-order valence-electron chi connectivity index (χ0n) is 14.6. The highest BCUT2D eigenvalue weighted by atomic mass is 16.2. The number of aryl methyl sites for hydroxylation is 2. The Hall–Kier alpha value is -1.88. The number of carbonyl (C=O) groups is 2. The molecule has 0 atom stereocenters. The third-order valence-corrected chi connectivity index (χ3v) is 4.50. The van der Waals surface area contributed by atoms with E-state index in [1.807, 2.05) is 36.9 Å².